The molecule has 0 spiro atoms. The smallest absolute Gasteiger partial charge is 0.323 e. The summed E-state index contributed by atoms with van der Waals surface area (Å²) in [4.78, 5) is 15.3. The van der Waals surface area contributed by atoms with E-state index in [1.807, 2.05) is 13.8 Å². The second-order valence-corrected chi connectivity index (χ2v) is 5.73. The molecule has 1 aromatic rings. The summed E-state index contributed by atoms with van der Waals surface area (Å²) in [7, 11) is 1.78. The van der Waals surface area contributed by atoms with Crippen molar-refractivity contribution in [3.05, 3.63) is 0 Å². The van der Waals surface area contributed by atoms with Gasteiger partial charge in [0.15, 0.2) is 0 Å². The van der Waals surface area contributed by atoms with Gasteiger partial charge in [-0.3, -0.25) is 0 Å². The molecule has 0 aromatic carbocycles. The number of rotatable bonds is 7. The van der Waals surface area contributed by atoms with Crippen LogP contribution in [0.25, 0.3) is 0 Å². The van der Waals surface area contributed by atoms with Gasteiger partial charge in [0.2, 0.25) is 11.9 Å². The van der Waals surface area contributed by atoms with Crippen LogP contribution >= 0.6 is 0 Å². The van der Waals surface area contributed by atoms with Gasteiger partial charge in [-0.1, -0.05) is 0 Å². The van der Waals surface area contributed by atoms with Gasteiger partial charge in [0.25, 0.3) is 0 Å². The van der Waals surface area contributed by atoms with Crippen LogP contribution in [0.2, 0.25) is 0 Å². The van der Waals surface area contributed by atoms with E-state index in [4.69, 9.17) is 4.74 Å². The minimum Gasteiger partial charge on any atom is -0.461 e. The number of anilines is 2. The van der Waals surface area contributed by atoms with Crippen LogP contribution in [-0.2, 0) is 0 Å². The lowest BCUT2D eigenvalue weighted by Crippen LogP contribution is -2.33. The Hall–Kier alpha value is -1.63. The number of nitrogens with one attached hydrogen (secondary N) is 2. The molecule has 7 heteroatoms. The highest BCUT2D eigenvalue weighted by Gasteiger charge is 2.16. The predicted octanol–water partition coefficient (Wildman–Crippen LogP) is 1.60. The summed E-state index contributed by atoms with van der Waals surface area (Å²) >= 11 is 0. The molecule has 1 aliphatic heterocycles. The van der Waals surface area contributed by atoms with Crippen molar-refractivity contribution in [2.45, 2.75) is 45.8 Å². The molecule has 0 radical (unpaired) electrons. The zero-order valence-electron chi connectivity index (χ0n) is 13.4. The Morgan fingerprint density at radius 1 is 1.10 bits per heavy atom. The van der Waals surface area contributed by atoms with Gasteiger partial charge in [0, 0.05) is 19.6 Å². The van der Waals surface area contributed by atoms with E-state index in [2.05, 4.69) is 37.4 Å². The number of aromatic nitrogens is 3. The summed E-state index contributed by atoms with van der Waals surface area (Å²) < 4.78 is 5.56. The minimum atomic E-state index is 0.0342. The van der Waals surface area contributed by atoms with Crippen LogP contribution in [0.4, 0.5) is 11.9 Å². The molecule has 0 amide bonds. The molecule has 118 valence electrons. The lowest BCUT2D eigenvalue weighted by atomic mass is 10.3. The Morgan fingerprint density at radius 2 is 1.76 bits per heavy atom. The zero-order chi connectivity index (χ0) is 15.2. The topological polar surface area (TPSA) is 75.2 Å². The highest BCUT2D eigenvalue weighted by Crippen LogP contribution is 2.14. The van der Waals surface area contributed by atoms with Crippen molar-refractivity contribution >= 4 is 11.9 Å². The summed E-state index contributed by atoms with van der Waals surface area (Å²) in [5.74, 6) is 1.06. The third-order valence-corrected chi connectivity index (χ3v) is 3.29. The molecule has 7 nitrogen and oxygen atoms in total. The quantitative estimate of drug-likeness (QED) is 0.791. The third-order valence-electron chi connectivity index (χ3n) is 3.29. The van der Waals surface area contributed by atoms with E-state index in [0.29, 0.717) is 17.9 Å². The van der Waals surface area contributed by atoms with Crippen molar-refractivity contribution in [2.75, 3.05) is 37.3 Å². The van der Waals surface area contributed by atoms with Crippen LogP contribution in [-0.4, -0.2) is 58.7 Å². The van der Waals surface area contributed by atoms with Gasteiger partial charge in [-0.2, -0.15) is 15.0 Å². The van der Waals surface area contributed by atoms with Crippen LogP contribution in [0, 0.1) is 0 Å². The van der Waals surface area contributed by atoms with Gasteiger partial charge in [-0.25, -0.2) is 0 Å². The SMILES string of the molecule is CNc1nc(NC(C)CN2CCCC2)nc(OC(C)C)n1. The standard InChI is InChI=1S/C14H26N6O/c1-10(2)21-14-18-12(15-4)17-13(19-14)16-11(3)9-20-7-5-6-8-20/h10-11H,5-9H2,1-4H3,(H2,15,16,17,18,19). The van der Waals surface area contributed by atoms with Crippen molar-refractivity contribution in [1.29, 1.82) is 0 Å². The first-order valence-electron chi connectivity index (χ1n) is 7.66. The lowest BCUT2D eigenvalue weighted by molar-refractivity contribution is 0.222. The fourth-order valence-corrected chi connectivity index (χ4v) is 2.41. The highest BCUT2D eigenvalue weighted by molar-refractivity contribution is 5.36. The summed E-state index contributed by atoms with van der Waals surface area (Å²) in [5.41, 5.74) is 0. The summed E-state index contributed by atoms with van der Waals surface area (Å²) in [6, 6.07) is 0.627. The van der Waals surface area contributed by atoms with Crippen LogP contribution in [0.15, 0.2) is 0 Å². The maximum Gasteiger partial charge on any atom is 0.323 e. The first-order valence-corrected chi connectivity index (χ1v) is 7.66. The molecule has 1 aromatic heterocycles. The Kier molecular flexibility index (Phi) is 5.55. The van der Waals surface area contributed by atoms with Crippen LogP contribution < -0.4 is 15.4 Å². The van der Waals surface area contributed by atoms with Crippen molar-refractivity contribution < 1.29 is 4.74 Å². The maximum atomic E-state index is 5.56. The molecule has 1 unspecified atom stereocenters. The fourth-order valence-electron chi connectivity index (χ4n) is 2.41. The lowest BCUT2D eigenvalue weighted by Gasteiger charge is -2.21. The van der Waals surface area contributed by atoms with Gasteiger partial charge < -0.3 is 20.3 Å². The zero-order valence-corrected chi connectivity index (χ0v) is 13.4. The predicted molar refractivity (Wildman–Crippen MR) is 83.9 cm³/mol. The Balaban J connectivity index is 1.99. The van der Waals surface area contributed by atoms with E-state index < -0.39 is 0 Å². The van der Waals surface area contributed by atoms with Crippen molar-refractivity contribution in [3.63, 3.8) is 0 Å². The second-order valence-electron chi connectivity index (χ2n) is 5.73. The van der Waals surface area contributed by atoms with Crippen molar-refractivity contribution in [1.82, 2.24) is 19.9 Å². The molecular weight excluding hydrogens is 268 g/mol. The first-order chi connectivity index (χ1) is 10.1. The Labute approximate surface area is 126 Å². The normalized spacial score (nSPS) is 17.0. The first kappa shape index (κ1) is 15.8. The molecule has 0 saturated carbocycles. The van der Waals surface area contributed by atoms with Gasteiger partial charge in [0.05, 0.1) is 6.10 Å². The van der Waals surface area contributed by atoms with Crippen LogP contribution in [0.3, 0.4) is 0 Å². The number of hydrogen-bond acceptors (Lipinski definition) is 7. The van der Waals surface area contributed by atoms with Crippen LogP contribution in [0.5, 0.6) is 6.01 Å². The summed E-state index contributed by atoms with van der Waals surface area (Å²) in [5, 5.41) is 6.27. The van der Waals surface area contributed by atoms with Gasteiger partial charge >= 0.3 is 6.01 Å². The molecular formula is C14H26N6O. The molecule has 1 aliphatic rings. The van der Waals surface area contributed by atoms with Crippen molar-refractivity contribution in [3.8, 4) is 6.01 Å². The van der Waals surface area contributed by atoms with E-state index in [0.717, 1.165) is 6.54 Å². The van der Waals surface area contributed by atoms with E-state index in [1.165, 1.54) is 25.9 Å². The van der Waals surface area contributed by atoms with Gasteiger partial charge in [-0.05, 0) is 46.7 Å². The van der Waals surface area contributed by atoms with E-state index in [9.17, 15) is 0 Å². The number of nitrogens with zero attached hydrogens (tertiary/aromatic N) is 4. The molecule has 2 heterocycles. The molecule has 21 heavy (non-hydrogen) atoms. The Morgan fingerprint density at radius 3 is 2.38 bits per heavy atom. The van der Waals surface area contributed by atoms with Crippen LogP contribution in [0.1, 0.15) is 33.6 Å². The van der Waals surface area contributed by atoms with E-state index >= 15 is 0 Å². The summed E-state index contributed by atoms with van der Waals surface area (Å²) in [6.07, 6.45) is 2.63. The largest absolute Gasteiger partial charge is 0.461 e. The minimum absolute atomic E-state index is 0.0342. The molecule has 2 rings (SSSR count). The molecule has 0 aliphatic carbocycles. The second kappa shape index (κ2) is 7.40. The Bertz CT molecular complexity index is 447. The fraction of sp³-hybridized carbons (Fsp3) is 0.786. The highest BCUT2D eigenvalue weighted by atomic mass is 16.5. The van der Waals surface area contributed by atoms with E-state index in [1.54, 1.807) is 7.05 Å². The van der Waals surface area contributed by atoms with Crippen molar-refractivity contribution in [2.24, 2.45) is 0 Å². The average Bonchev–Trinajstić information content (AvgIpc) is 2.90. The molecule has 1 fully saturated rings. The number of hydrogen-bond donors (Lipinski definition) is 2. The molecule has 1 atom stereocenters. The van der Waals surface area contributed by atoms with Gasteiger partial charge in [0.1, 0.15) is 0 Å². The van der Waals surface area contributed by atoms with E-state index in [-0.39, 0.29) is 12.1 Å². The monoisotopic (exact) mass is 294 g/mol. The number of ether oxygens (including phenoxy) is 1. The van der Waals surface area contributed by atoms with Gasteiger partial charge in [-0.15, -0.1) is 0 Å². The number of likely N-dealkylation sites (tertiary alicyclic amines) is 1. The molecule has 1 saturated heterocycles. The molecule has 0 bridgehead atoms. The third kappa shape index (κ3) is 5.00. The maximum absolute atomic E-state index is 5.56. The summed E-state index contributed by atoms with van der Waals surface area (Å²) in [6.45, 7) is 9.42. The molecule has 2 N–H and O–H groups in total. The average molecular weight is 294 g/mol.